The second-order valence-corrected chi connectivity index (χ2v) is 4.50. The van der Waals surface area contributed by atoms with Gasteiger partial charge in [0.1, 0.15) is 0 Å². The zero-order valence-electron chi connectivity index (χ0n) is 6.35. The van der Waals surface area contributed by atoms with Crippen LogP contribution in [0.2, 0.25) is 0 Å². The van der Waals surface area contributed by atoms with Crippen LogP contribution < -0.4 is 0 Å². The number of rotatable bonds is 2. The quantitative estimate of drug-likeness (QED) is 0.573. The summed E-state index contributed by atoms with van der Waals surface area (Å²) in [7, 11) is 0. The van der Waals surface area contributed by atoms with Crippen molar-refractivity contribution in [1.82, 2.24) is 0 Å². The van der Waals surface area contributed by atoms with E-state index in [0.717, 1.165) is 5.33 Å². The first-order valence-corrected chi connectivity index (χ1v) is 5.75. The van der Waals surface area contributed by atoms with Crippen LogP contribution in [-0.2, 0) is 0 Å². The monoisotopic (exact) mass is 324 g/mol. The third-order valence-corrected chi connectivity index (χ3v) is 3.36. The standard InChI is InChI=1S/C9H10BrI/c1-7(6-10)8-2-4-9(11)5-3-8/h2-5,7H,6H2,1H3. The first-order chi connectivity index (χ1) is 5.24. The second-order valence-electron chi connectivity index (χ2n) is 2.61. The van der Waals surface area contributed by atoms with Crippen LogP contribution in [0, 0.1) is 3.57 Å². The van der Waals surface area contributed by atoms with Gasteiger partial charge in [-0.1, -0.05) is 35.0 Å². The lowest BCUT2D eigenvalue weighted by Gasteiger charge is -2.06. The molecule has 2 heteroatoms. The van der Waals surface area contributed by atoms with Crippen molar-refractivity contribution >= 4 is 38.5 Å². The molecule has 0 N–H and O–H groups in total. The highest BCUT2D eigenvalue weighted by molar-refractivity contribution is 14.1. The molecule has 1 rings (SSSR count). The molecule has 0 radical (unpaired) electrons. The van der Waals surface area contributed by atoms with E-state index in [9.17, 15) is 0 Å². The summed E-state index contributed by atoms with van der Waals surface area (Å²) in [5.41, 5.74) is 1.40. The molecule has 0 aliphatic rings. The molecule has 60 valence electrons. The molecule has 0 spiro atoms. The van der Waals surface area contributed by atoms with Crippen molar-refractivity contribution in [1.29, 1.82) is 0 Å². The fourth-order valence-electron chi connectivity index (χ4n) is 0.880. The Morgan fingerprint density at radius 3 is 2.36 bits per heavy atom. The van der Waals surface area contributed by atoms with Gasteiger partial charge in [0.2, 0.25) is 0 Å². The molecule has 0 aliphatic heterocycles. The predicted octanol–water partition coefficient (Wildman–Crippen LogP) is 3.79. The van der Waals surface area contributed by atoms with Crippen LogP contribution >= 0.6 is 38.5 Å². The molecule has 1 aromatic carbocycles. The van der Waals surface area contributed by atoms with E-state index >= 15 is 0 Å². The normalized spacial score (nSPS) is 13.0. The summed E-state index contributed by atoms with van der Waals surface area (Å²) >= 11 is 5.79. The summed E-state index contributed by atoms with van der Waals surface area (Å²) < 4.78 is 1.30. The molecular formula is C9H10BrI. The molecule has 1 atom stereocenters. The molecule has 0 saturated heterocycles. The fourth-order valence-corrected chi connectivity index (χ4v) is 1.61. The van der Waals surface area contributed by atoms with Crippen molar-refractivity contribution in [2.75, 3.05) is 5.33 Å². The molecule has 11 heavy (non-hydrogen) atoms. The first kappa shape index (κ1) is 9.52. The Morgan fingerprint density at radius 1 is 1.36 bits per heavy atom. The van der Waals surface area contributed by atoms with E-state index in [4.69, 9.17) is 0 Å². The lowest BCUT2D eigenvalue weighted by Crippen LogP contribution is -1.93. The van der Waals surface area contributed by atoms with Crippen molar-refractivity contribution in [2.45, 2.75) is 12.8 Å². The lowest BCUT2D eigenvalue weighted by atomic mass is 10.0. The summed E-state index contributed by atoms with van der Waals surface area (Å²) in [6.45, 7) is 2.22. The maximum Gasteiger partial charge on any atom is 0.0130 e. The van der Waals surface area contributed by atoms with Crippen LogP contribution in [0.15, 0.2) is 24.3 Å². The average molecular weight is 325 g/mol. The highest BCUT2D eigenvalue weighted by atomic mass is 127. The molecule has 1 unspecified atom stereocenters. The first-order valence-electron chi connectivity index (χ1n) is 3.55. The summed E-state index contributed by atoms with van der Waals surface area (Å²) in [6, 6.07) is 8.67. The Bertz CT molecular complexity index is 218. The van der Waals surface area contributed by atoms with Gasteiger partial charge in [-0.25, -0.2) is 0 Å². The van der Waals surface area contributed by atoms with Crippen molar-refractivity contribution in [3.05, 3.63) is 33.4 Å². The van der Waals surface area contributed by atoms with Gasteiger partial charge < -0.3 is 0 Å². The van der Waals surface area contributed by atoms with E-state index in [-0.39, 0.29) is 0 Å². The van der Waals surface area contributed by atoms with Gasteiger partial charge in [0, 0.05) is 8.90 Å². The topological polar surface area (TPSA) is 0 Å². The third kappa shape index (κ3) is 2.75. The fraction of sp³-hybridized carbons (Fsp3) is 0.333. The highest BCUT2D eigenvalue weighted by Gasteiger charge is 2.01. The molecule has 0 heterocycles. The Hall–Kier alpha value is 0.430. The van der Waals surface area contributed by atoms with Gasteiger partial charge in [0.05, 0.1) is 0 Å². The molecule has 0 amide bonds. The third-order valence-electron chi connectivity index (χ3n) is 1.67. The molecule has 0 nitrogen and oxygen atoms in total. The van der Waals surface area contributed by atoms with E-state index in [1.54, 1.807) is 0 Å². The van der Waals surface area contributed by atoms with Crippen molar-refractivity contribution in [2.24, 2.45) is 0 Å². The van der Waals surface area contributed by atoms with Crippen LogP contribution in [0.4, 0.5) is 0 Å². The summed E-state index contributed by atoms with van der Waals surface area (Å²) in [4.78, 5) is 0. The minimum absolute atomic E-state index is 0.618. The molecular weight excluding hydrogens is 315 g/mol. The van der Waals surface area contributed by atoms with Crippen LogP contribution in [0.25, 0.3) is 0 Å². The smallest absolute Gasteiger partial charge is 0.0130 e. The SMILES string of the molecule is CC(CBr)c1ccc(I)cc1. The maximum atomic E-state index is 3.47. The van der Waals surface area contributed by atoms with E-state index in [0.29, 0.717) is 5.92 Å². The van der Waals surface area contributed by atoms with Gasteiger partial charge in [0.15, 0.2) is 0 Å². The van der Waals surface area contributed by atoms with Crippen LogP contribution in [-0.4, -0.2) is 5.33 Å². The molecule has 0 aliphatic carbocycles. The largest absolute Gasteiger partial charge is 0.0922 e. The summed E-state index contributed by atoms with van der Waals surface area (Å²) in [5, 5.41) is 1.04. The minimum atomic E-state index is 0.618. The molecule has 0 bridgehead atoms. The van der Waals surface area contributed by atoms with Gasteiger partial charge in [0.25, 0.3) is 0 Å². The van der Waals surface area contributed by atoms with Gasteiger partial charge in [-0.15, -0.1) is 0 Å². The molecule has 0 aromatic heterocycles. The Morgan fingerprint density at radius 2 is 1.91 bits per heavy atom. The lowest BCUT2D eigenvalue weighted by molar-refractivity contribution is 0.887. The predicted molar refractivity (Wildman–Crippen MR) is 61.4 cm³/mol. The number of hydrogen-bond acceptors (Lipinski definition) is 0. The molecule has 0 fully saturated rings. The summed E-state index contributed by atoms with van der Waals surface area (Å²) in [5.74, 6) is 0.618. The van der Waals surface area contributed by atoms with Crippen molar-refractivity contribution in [3.8, 4) is 0 Å². The number of halogens is 2. The summed E-state index contributed by atoms with van der Waals surface area (Å²) in [6.07, 6.45) is 0. The Labute approximate surface area is 89.7 Å². The van der Waals surface area contributed by atoms with E-state index in [2.05, 4.69) is 69.7 Å². The zero-order valence-corrected chi connectivity index (χ0v) is 10.1. The van der Waals surface area contributed by atoms with E-state index in [1.807, 2.05) is 0 Å². The second kappa shape index (κ2) is 4.45. The number of alkyl halides is 1. The zero-order chi connectivity index (χ0) is 8.27. The van der Waals surface area contributed by atoms with Gasteiger partial charge in [-0.3, -0.25) is 0 Å². The van der Waals surface area contributed by atoms with Crippen LogP contribution in [0.1, 0.15) is 18.4 Å². The average Bonchev–Trinajstić information content (AvgIpc) is 2.05. The Balaban J connectivity index is 2.81. The van der Waals surface area contributed by atoms with Crippen LogP contribution in [0.3, 0.4) is 0 Å². The van der Waals surface area contributed by atoms with E-state index < -0.39 is 0 Å². The van der Waals surface area contributed by atoms with E-state index in [1.165, 1.54) is 9.13 Å². The number of benzene rings is 1. The van der Waals surface area contributed by atoms with Gasteiger partial charge in [-0.05, 0) is 46.2 Å². The van der Waals surface area contributed by atoms with Crippen LogP contribution in [0.5, 0.6) is 0 Å². The van der Waals surface area contributed by atoms with Crippen molar-refractivity contribution in [3.63, 3.8) is 0 Å². The maximum absolute atomic E-state index is 3.47. The number of hydrogen-bond donors (Lipinski definition) is 0. The highest BCUT2D eigenvalue weighted by Crippen LogP contribution is 2.18. The minimum Gasteiger partial charge on any atom is -0.0922 e. The molecule has 0 saturated carbocycles. The molecule has 1 aromatic rings. The van der Waals surface area contributed by atoms with Crippen molar-refractivity contribution < 1.29 is 0 Å². The van der Waals surface area contributed by atoms with Gasteiger partial charge >= 0.3 is 0 Å². The van der Waals surface area contributed by atoms with Gasteiger partial charge in [-0.2, -0.15) is 0 Å². The Kier molecular flexibility index (Phi) is 3.85.